The Morgan fingerprint density at radius 3 is 2.60 bits per heavy atom. The minimum Gasteiger partial charge on any atom is -0.457 e. The number of fused-ring (bicyclic) bond motifs is 4. The van der Waals surface area contributed by atoms with Gasteiger partial charge in [-0.15, -0.1) is 0 Å². The number of hydrogen-bond acceptors (Lipinski definition) is 4. The second kappa shape index (κ2) is 10.2. The maximum Gasteiger partial charge on any atom is 0.136 e. The molecule has 0 fully saturated rings. The molecular weight excluding hydrogens is 448 g/mol. The summed E-state index contributed by atoms with van der Waals surface area (Å²) in [7, 11) is 0. The van der Waals surface area contributed by atoms with E-state index in [1.54, 1.807) is 0 Å². The van der Waals surface area contributed by atoms with Crippen LogP contribution in [0.1, 0.15) is 46.1 Å². The van der Waals surface area contributed by atoms with Crippen LogP contribution >= 0.6 is 11.8 Å². The van der Waals surface area contributed by atoms with Crippen molar-refractivity contribution in [1.29, 1.82) is 0 Å². The third kappa shape index (κ3) is 4.60. The third-order valence-electron chi connectivity index (χ3n) is 6.84. The molecule has 180 valence electrons. The van der Waals surface area contributed by atoms with Gasteiger partial charge in [-0.2, -0.15) is 0 Å². The number of nitrogens with zero attached hydrogens (tertiary/aromatic N) is 2. The number of anilines is 2. The highest BCUT2D eigenvalue weighted by Crippen LogP contribution is 2.49. The minimum absolute atomic E-state index is 0.885. The minimum atomic E-state index is 0.885. The summed E-state index contributed by atoms with van der Waals surface area (Å²) in [5, 5.41) is 3.88. The summed E-state index contributed by atoms with van der Waals surface area (Å²) in [6.07, 6.45) is 8.84. The fourth-order valence-corrected chi connectivity index (χ4v) is 6.03. The topological polar surface area (TPSA) is 15.7 Å². The van der Waals surface area contributed by atoms with Crippen molar-refractivity contribution >= 4 is 39.5 Å². The van der Waals surface area contributed by atoms with Crippen molar-refractivity contribution in [2.45, 2.75) is 45.4 Å². The van der Waals surface area contributed by atoms with Gasteiger partial charge in [0.15, 0.2) is 0 Å². The lowest BCUT2D eigenvalue weighted by Crippen LogP contribution is -2.21. The second-order valence-electron chi connectivity index (χ2n) is 9.10. The zero-order chi connectivity index (χ0) is 24.4. The average Bonchev–Trinajstić information content (AvgIpc) is 3.24. The van der Waals surface area contributed by atoms with Crippen LogP contribution in [0.15, 0.2) is 88.5 Å². The largest absolute Gasteiger partial charge is 0.457 e. The van der Waals surface area contributed by atoms with Crippen molar-refractivity contribution in [3.05, 3.63) is 89.2 Å². The van der Waals surface area contributed by atoms with Gasteiger partial charge in [0.25, 0.3) is 0 Å². The van der Waals surface area contributed by atoms with E-state index < -0.39 is 0 Å². The first kappa shape index (κ1) is 23.6. The number of thioether (sulfide) groups is 1. The molecule has 5 rings (SSSR count). The highest BCUT2D eigenvalue weighted by atomic mass is 32.2. The predicted molar refractivity (Wildman–Crippen MR) is 153 cm³/mol. The van der Waals surface area contributed by atoms with Crippen LogP contribution < -0.4 is 14.5 Å². The molecule has 0 atom stereocenters. The summed E-state index contributed by atoms with van der Waals surface area (Å²) in [6, 6.07) is 19.8. The summed E-state index contributed by atoms with van der Waals surface area (Å²) in [5.41, 5.74) is 4.96. The molecule has 0 unspecified atom stereocenters. The number of hydrogen-bond donors (Lipinski definition) is 0. The van der Waals surface area contributed by atoms with E-state index in [0.717, 1.165) is 37.6 Å². The molecule has 3 aromatic carbocycles. The van der Waals surface area contributed by atoms with Crippen molar-refractivity contribution in [2.75, 3.05) is 29.4 Å². The number of unbranched alkanes of at least 4 members (excludes halogenated alkanes) is 1. The second-order valence-corrected chi connectivity index (χ2v) is 10.2. The monoisotopic (exact) mass is 482 g/mol. The molecule has 2 aliphatic rings. The van der Waals surface area contributed by atoms with Crippen molar-refractivity contribution in [1.82, 2.24) is 0 Å². The lowest BCUT2D eigenvalue weighted by atomic mass is 10.0. The maximum atomic E-state index is 6.39. The van der Waals surface area contributed by atoms with Gasteiger partial charge >= 0.3 is 0 Å². The normalized spacial score (nSPS) is 16.9. The Labute approximate surface area is 213 Å². The molecule has 0 bridgehead atoms. The highest BCUT2D eigenvalue weighted by molar-refractivity contribution is 8.03. The molecule has 0 spiro atoms. The van der Waals surface area contributed by atoms with Crippen LogP contribution in [0.4, 0.5) is 11.4 Å². The standard InChI is InChI=1S/C31H34N2OS/c1-5-8-19-33-30(35-29-17-13-23-11-9-10-12-27(23)31(29)33)18-15-25-20-22(4)26-16-14-24(21-28(26)34-25)32(6-2)7-3/h9-18,20-21H,5-8,19H2,1-4H3. The Balaban J connectivity index is 1.48. The van der Waals surface area contributed by atoms with E-state index in [-0.39, 0.29) is 0 Å². The fraction of sp³-hybridized carbons (Fsp3) is 0.290. The molecular formula is C31H34N2OS. The van der Waals surface area contributed by atoms with Crippen LogP contribution in [0.2, 0.25) is 0 Å². The number of allylic oxidation sites excluding steroid dienone is 4. The summed E-state index contributed by atoms with van der Waals surface area (Å²) in [5.74, 6) is 1.83. The van der Waals surface area contributed by atoms with Gasteiger partial charge in [-0.25, -0.2) is 0 Å². The first-order valence-electron chi connectivity index (χ1n) is 12.8. The highest BCUT2D eigenvalue weighted by Gasteiger charge is 2.26. The third-order valence-corrected chi connectivity index (χ3v) is 7.96. The van der Waals surface area contributed by atoms with Gasteiger partial charge in [0.2, 0.25) is 0 Å². The molecule has 4 heteroatoms. The van der Waals surface area contributed by atoms with E-state index in [0.29, 0.717) is 0 Å². The first-order valence-corrected chi connectivity index (χ1v) is 13.6. The van der Waals surface area contributed by atoms with E-state index in [1.807, 2.05) is 11.8 Å². The van der Waals surface area contributed by atoms with Crippen LogP contribution in [0, 0.1) is 0 Å². The molecule has 0 aliphatic carbocycles. The van der Waals surface area contributed by atoms with E-state index in [1.165, 1.54) is 49.6 Å². The molecule has 0 saturated carbocycles. The van der Waals surface area contributed by atoms with Crippen LogP contribution in [-0.2, 0) is 0 Å². The molecule has 3 nitrogen and oxygen atoms in total. The predicted octanol–water partition coefficient (Wildman–Crippen LogP) is 8.62. The lowest BCUT2D eigenvalue weighted by molar-refractivity contribution is 0.438. The number of ether oxygens (including phenoxy) is 1. The zero-order valence-electron chi connectivity index (χ0n) is 21.2. The van der Waals surface area contributed by atoms with Crippen LogP contribution in [0.25, 0.3) is 16.3 Å². The summed E-state index contributed by atoms with van der Waals surface area (Å²) < 4.78 is 6.39. The van der Waals surface area contributed by atoms with Crippen molar-refractivity contribution < 1.29 is 4.74 Å². The van der Waals surface area contributed by atoms with Crippen LogP contribution in [-0.4, -0.2) is 19.6 Å². The van der Waals surface area contributed by atoms with Gasteiger partial charge in [0.1, 0.15) is 11.5 Å². The molecule has 2 aliphatic heterocycles. The molecule has 0 radical (unpaired) electrons. The van der Waals surface area contributed by atoms with Crippen LogP contribution in [0.3, 0.4) is 0 Å². The fourth-order valence-electron chi connectivity index (χ4n) is 4.93. The van der Waals surface area contributed by atoms with E-state index >= 15 is 0 Å². The average molecular weight is 483 g/mol. The lowest BCUT2D eigenvalue weighted by Gasteiger charge is -2.25. The Kier molecular flexibility index (Phi) is 6.92. The van der Waals surface area contributed by atoms with E-state index in [4.69, 9.17) is 4.74 Å². The molecule has 0 saturated heterocycles. The molecule has 0 amide bonds. The van der Waals surface area contributed by atoms with Gasteiger partial charge in [-0.1, -0.05) is 55.4 Å². The summed E-state index contributed by atoms with van der Waals surface area (Å²) in [6.45, 7) is 11.8. The van der Waals surface area contributed by atoms with Gasteiger partial charge in [0.05, 0.1) is 10.7 Å². The molecule has 0 N–H and O–H groups in total. The van der Waals surface area contributed by atoms with Gasteiger partial charge < -0.3 is 14.5 Å². The van der Waals surface area contributed by atoms with E-state index in [9.17, 15) is 0 Å². The van der Waals surface area contributed by atoms with Gasteiger partial charge in [0, 0.05) is 47.2 Å². The van der Waals surface area contributed by atoms with Crippen molar-refractivity contribution in [2.24, 2.45) is 0 Å². The Hall–Kier alpha value is -3.11. The quantitative estimate of drug-likeness (QED) is 0.335. The van der Waals surface area contributed by atoms with Crippen molar-refractivity contribution in [3.8, 4) is 5.75 Å². The Morgan fingerprint density at radius 1 is 0.971 bits per heavy atom. The van der Waals surface area contributed by atoms with Crippen molar-refractivity contribution in [3.63, 3.8) is 0 Å². The zero-order valence-corrected chi connectivity index (χ0v) is 22.0. The molecule has 3 aromatic rings. The first-order chi connectivity index (χ1) is 17.1. The molecule has 2 heterocycles. The van der Waals surface area contributed by atoms with Gasteiger partial charge in [-0.05, 0) is 74.6 Å². The summed E-state index contributed by atoms with van der Waals surface area (Å²) in [4.78, 5) is 6.18. The smallest absolute Gasteiger partial charge is 0.136 e. The number of benzene rings is 3. The van der Waals surface area contributed by atoms with Crippen LogP contribution in [0.5, 0.6) is 5.75 Å². The Bertz CT molecular complexity index is 1330. The van der Waals surface area contributed by atoms with E-state index in [2.05, 4.69) is 110 Å². The molecule has 0 aromatic heterocycles. The maximum absolute atomic E-state index is 6.39. The Morgan fingerprint density at radius 2 is 1.80 bits per heavy atom. The molecule has 35 heavy (non-hydrogen) atoms. The van der Waals surface area contributed by atoms with Gasteiger partial charge in [-0.3, -0.25) is 0 Å². The SMILES string of the molecule is CCCCN1C(=CC=C2C=C(C)c3ccc(N(CC)CC)cc3O2)Sc2ccc3ccccc3c21. The summed E-state index contributed by atoms with van der Waals surface area (Å²) >= 11 is 1.86. The number of rotatable bonds is 7.